The molecule has 0 bridgehead atoms. The Bertz CT molecular complexity index is 315. The minimum absolute atomic E-state index is 0.0579. The Labute approximate surface area is 103 Å². The summed E-state index contributed by atoms with van der Waals surface area (Å²) in [6.07, 6.45) is 2.93. The van der Waals surface area contributed by atoms with Gasteiger partial charge in [0, 0.05) is 0 Å². The minimum atomic E-state index is -3.48. The number of unbranched alkanes of at least 4 members (excludes halogenated alkanes) is 1. The van der Waals surface area contributed by atoms with Crippen LogP contribution in [0.25, 0.3) is 0 Å². The molecule has 0 aromatic carbocycles. The molecule has 1 N–H and O–H groups in total. The summed E-state index contributed by atoms with van der Waals surface area (Å²) in [5.41, 5.74) is 0. The van der Waals surface area contributed by atoms with E-state index in [0.29, 0.717) is 6.42 Å². The largest absolute Gasteiger partial charge is 0.450 e. The third-order valence-electron chi connectivity index (χ3n) is 1.99. The molecule has 0 unspecified atom stereocenters. The maximum atomic E-state index is 11.2. The van der Waals surface area contributed by atoms with Crippen LogP contribution in [0.1, 0.15) is 33.1 Å². The quantitative estimate of drug-likeness (QED) is 0.670. The third kappa shape index (κ3) is 10.1. The fourth-order valence-corrected chi connectivity index (χ4v) is 1.60. The van der Waals surface area contributed by atoms with E-state index in [9.17, 15) is 13.2 Å². The summed E-state index contributed by atoms with van der Waals surface area (Å²) in [7, 11) is -3.48. The van der Waals surface area contributed by atoms with Crippen molar-refractivity contribution in [3.63, 3.8) is 0 Å². The van der Waals surface area contributed by atoms with Crippen LogP contribution >= 0.6 is 0 Å². The van der Waals surface area contributed by atoms with Crippen LogP contribution in [0, 0.1) is 0 Å². The number of hydrogen-bond acceptors (Lipinski definition) is 5. The van der Waals surface area contributed by atoms with Gasteiger partial charge in [0.15, 0.2) is 0 Å². The Morgan fingerprint density at radius 3 is 2.47 bits per heavy atom. The molecule has 0 aliphatic carbocycles. The average Bonchev–Trinajstić information content (AvgIpc) is 2.21. The molecule has 0 heterocycles. The van der Waals surface area contributed by atoms with E-state index in [1.54, 1.807) is 6.92 Å². The van der Waals surface area contributed by atoms with Crippen LogP contribution in [0.5, 0.6) is 0 Å². The molecule has 0 saturated carbocycles. The van der Waals surface area contributed by atoms with Crippen LogP contribution < -0.4 is 5.32 Å². The van der Waals surface area contributed by atoms with Gasteiger partial charge in [-0.15, -0.1) is 0 Å². The maximum absolute atomic E-state index is 11.2. The van der Waals surface area contributed by atoms with Gasteiger partial charge >= 0.3 is 6.09 Å². The van der Waals surface area contributed by atoms with Gasteiger partial charge in [-0.05, 0) is 13.3 Å². The Balaban J connectivity index is 4.17. The minimum Gasteiger partial charge on any atom is -0.450 e. The first kappa shape index (κ1) is 16.2. The van der Waals surface area contributed by atoms with Crippen molar-refractivity contribution in [1.82, 2.24) is 5.32 Å². The van der Waals surface area contributed by atoms with E-state index in [1.165, 1.54) is 0 Å². The predicted octanol–water partition coefficient (Wildman–Crippen LogP) is 1.27. The zero-order valence-electron chi connectivity index (χ0n) is 10.6. The first-order chi connectivity index (χ1) is 7.89. The molecule has 0 radical (unpaired) electrons. The summed E-state index contributed by atoms with van der Waals surface area (Å²) in [5.74, 6) is 0. The van der Waals surface area contributed by atoms with Crippen LogP contribution in [0.3, 0.4) is 0 Å². The van der Waals surface area contributed by atoms with Crippen LogP contribution in [0.2, 0.25) is 0 Å². The lowest BCUT2D eigenvalue weighted by atomic mass is 10.1. The average molecular weight is 267 g/mol. The molecule has 1 atom stereocenters. The summed E-state index contributed by atoms with van der Waals surface area (Å²) in [5, 5.41) is 2.57. The lowest BCUT2D eigenvalue weighted by molar-refractivity contribution is 0.141. The van der Waals surface area contributed by atoms with E-state index >= 15 is 0 Å². The number of nitrogens with one attached hydrogen (secondary N) is 1. The number of alkyl carbamates (subject to hydrolysis) is 1. The van der Waals surface area contributed by atoms with Crippen molar-refractivity contribution in [2.24, 2.45) is 0 Å². The Hall–Kier alpha value is -0.820. The van der Waals surface area contributed by atoms with Crippen molar-refractivity contribution in [2.75, 3.05) is 19.5 Å². The molecule has 0 aromatic heterocycles. The molecule has 0 saturated heterocycles. The monoisotopic (exact) mass is 267 g/mol. The van der Waals surface area contributed by atoms with E-state index in [0.717, 1.165) is 19.1 Å². The molecule has 1 amide bonds. The summed E-state index contributed by atoms with van der Waals surface area (Å²) < 4.78 is 31.1. The summed E-state index contributed by atoms with van der Waals surface area (Å²) >= 11 is 0. The second-order valence-electron chi connectivity index (χ2n) is 3.69. The Morgan fingerprint density at radius 1 is 1.35 bits per heavy atom. The second-order valence-corrected chi connectivity index (χ2v) is 5.34. The molecule has 0 spiro atoms. The van der Waals surface area contributed by atoms with Crippen molar-refractivity contribution < 1.29 is 22.1 Å². The predicted molar refractivity (Wildman–Crippen MR) is 64.3 cm³/mol. The molecule has 0 aliphatic heterocycles. The molecule has 0 rings (SSSR count). The first-order valence-electron chi connectivity index (χ1n) is 5.66. The zero-order chi connectivity index (χ0) is 13.3. The van der Waals surface area contributed by atoms with Crippen molar-refractivity contribution in [3.05, 3.63) is 0 Å². The van der Waals surface area contributed by atoms with Gasteiger partial charge in [0.05, 0.1) is 25.5 Å². The van der Waals surface area contributed by atoms with Gasteiger partial charge in [-0.25, -0.2) is 4.79 Å². The van der Waals surface area contributed by atoms with E-state index < -0.39 is 16.2 Å². The van der Waals surface area contributed by atoms with Gasteiger partial charge in [0.1, 0.15) is 0 Å². The summed E-state index contributed by atoms with van der Waals surface area (Å²) in [6, 6.07) is -0.344. The van der Waals surface area contributed by atoms with Crippen molar-refractivity contribution >= 4 is 16.2 Å². The molecule has 102 valence electrons. The normalized spacial score (nSPS) is 13.1. The highest BCUT2D eigenvalue weighted by Gasteiger charge is 2.15. The maximum Gasteiger partial charge on any atom is 0.407 e. The molecule has 17 heavy (non-hydrogen) atoms. The SMILES string of the molecule is CCCC[C@H](COS(C)(=O)=O)NC(=O)OCC. The summed E-state index contributed by atoms with van der Waals surface area (Å²) in [6.45, 7) is 3.93. The molecule has 0 fully saturated rings. The van der Waals surface area contributed by atoms with Crippen LogP contribution in [-0.4, -0.2) is 40.0 Å². The molecule has 7 heteroatoms. The number of carbonyl (C=O) groups is 1. The fraction of sp³-hybridized carbons (Fsp3) is 0.900. The van der Waals surface area contributed by atoms with E-state index in [1.807, 2.05) is 6.92 Å². The number of hydrogen-bond donors (Lipinski definition) is 1. The van der Waals surface area contributed by atoms with Crippen molar-refractivity contribution in [2.45, 2.75) is 39.2 Å². The van der Waals surface area contributed by atoms with Crippen LogP contribution in [0.4, 0.5) is 4.79 Å². The lowest BCUT2D eigenvalue weighted by Crippen LogP contribution is -2.39. The van der Waals surface area contributed by atoms with Gasteiger partial charge in [-0.3, -0.25) is 4.18 Å². The molecule has 0 aromatic rings. The van der Waals surface area contributed by atoms with Crippen molar-refractivity contribution in [1.29, 1.82) is 0 Å². The molecular weight excluding hydrogens is 246 g/mol. The van der Waals surface area contributed by atoms with E-state index in [2.05, 4.69) is 9.50 Å². The summed E-state index contributed by atoms with van der Waals surface area (Å²) in [4.78, 5) is 11.2. The second kappa shape index (κ2) is 8.30. The Kier molecular flexibility index (Phi) is 7.90. The number of amides is 1. The first-order valence-corrected chi connectivity index (χ1v) is 7.48. The molecular formula is C10H21NO5S. The van der Waals surface area contributed by atoms with E-state index in [4.69, 9.17) is 4.74 Å². The standard InChI is InChI=1S/C10H21NO5S/c1-4-6-7-9(8-16-17(3,13)14)11-10(12)15-5-2/h9H,4-8H2,1-3H3,(H,11,12)/t9-/m1/s1. The highest BCUT2D eigenvalue weighted by atomic mass is 32.2. The lowest BCUT2D eigenvalue weighted by Gasteiger charge is -2.17. The smallest absolute Gasteiger partial charge is 0.407 e. The number of ether oxygens (including phenoxy) is 1. The van der Waals surface area contributed by atoms with Crippen LogP contribution in [0.15, 0.2) is 0 Å². The zero-order valence-corrected chi connectivity index (χ0v) is 11.4. The fourth-order valence-electron chi connectivity index (χ4n) is 1.19. The Morgan fingerprint density at radius 2 is 2.00 bits per heavy atom. The van der Waals surface area contributed by atoms with Gasteiger partial charge in [-0.2, -0.15) is 8.42 Å². The third-order valence-corrected chi connectivity index (χ3v) is 2.55. The van der Waals surface area contributed by atoms with Gasteiger partial charge in [0.2, 0.25) is 0 Å². The number of carbonyl (C=O) groups excluding carboxylic acids is 1. The molecule has 0 aliphatic rings. The highest BCUT2D eigenvalue weighted by molar-refractivity contribution is 7.85. The van der Waals surface area contributed by atoms with Crippen LogP contribution in [-0.2, 0) is 19.0 Å². The number of rotatable bonds is 8. The van der Waals surface area contributed by atoms with Gasteiger partial charge < -0.3 is 10.1 Å². The topological polar surface area (TPSA) is 81.7 Å². The van der Waals surface area contributed by atoms with E-state index in [-0.39, 0.29) is 19.3 Å². The molecule has 6 nitrogen and oxygen atoms in total. The van der Waals surface area contributed by atoms with Gasteiger partial charge in [-0.1, -0.05) is 19.8 Å². The van der Waals surface area contributed by atoms with Gasteiger partial charge in [0.25, 0.3) is 10.1 Å². The van der Waals surface area contributed by atoms with Crippen molar-refractivity contribution in [3.8, 4) is 0 Å². The highest BCUT2D eigenvalue weighted by Crippen LogP contribution is 2.03.